The Balaban J connectivity index is 2.24. The van der Waals surface area contributed by atoms with Gasteiger partial charge in [-0.05, 0) is 35.7 Å². The molecule has 0 aromatic heterocycles. The minimum atomic E-state index is 0.223. The van der Waals surface area contributed by atoms with E-state index in [0.29, 0.717) is 0 Å². The van der Waals surface area contributed by atoms with Gasteiger partial charge in [0.15, 0.2) is 0 Å². The average molecular weight is 211 g/mol. The van der Waals surface area contributed by atoms with Crippen LogP contribution in [0.5, 0.6) is 0 Å². The molecule has 1 saturated carbocycles. The third-order valence-corrected chi connectivity index (χ3v) is 4.03. The Kier molecular flexibility index (Phi) is 2.05. The summed E-state index contributed by atoms with van der Waals surface area (Å²) in [5.74, 6) is 0.739. The van der Waals surface area contributed by atoms with E-state index in [1.165, 1.54) is 22.8 Å². The van der Waals surface area contributed by atoms with Gasteiger partial charge in [-0.25, -0.2) is 0 Å². The van der Waals surface area contributed by atoms with E-state index in [9.17, 15) is 0 Å². The highest BCUT2D eigenvalue weighted by molar-refractivity contribution is 5.87. The van der Waals surface area contributed by atoms with E-state index in [1.54, 1.807) is 0 Å². The van der Waals surface area contributed by atoms with E-state index in [1.807, 2.05) is 0 Å². The SMILES string of the molecule is CNC1(c2cccc3ccccc23)CC1C. The number of hydrogen-bond donors (Lipinski definition) is 1. The Morgan fingerprint density at radius 3 is 2.50 bits per heavy atom. The van der Waals surface area contributed by atoms with Crippen molar-refractivity contribution in [2.75, 3.05) is 7.05 Å². The molecule has 0 bridgehead atoms. The lowest BCUT2D eigenvalue weighted by molar-refractivity contribution is 0.543. The van der Waals surface area contributed by atoms with Crippen molar-refractivity contribution in [3.8, 4) is 0 Å². The van der Waals surface area contributed by atoms with Gasteiger partial charge in [-0.15, -0.1) is 0 Å². The maximum Gasteiger partial charge on any atom is 0.0468 e. The Hall–Kier alpha value is -1.34. The Labute approximate surface area is 96.5 Å². The maximum atomic E-state index is 3.51. The summed E-state index contributed by atoms with van der Waals surface area (Å²) in [6.07, 6.45) is 1.25. The molecule has 16 heavy (non-hydrogen) atoms. The topological polar surface area (TPSA) is 12.0 Å². The molecule has 1 aliphatic carbocycles. The molecule has 1 fully saturated rings. The van der Waals surface area contributed by atoms with E-state index in [-0.39, 0.29) is 5.54 Å². The van der Waals surface area contributed by atoms with Crippen molar-refractivity contribution in [1.29, 1.82) is 0 Å². The molecule has 0 aliphatic heterocycles. The molecule has 2 atom stereocenters. The number of nitrogens with one attached hydrogen (secondary N) is 1. The molecule has 1 nitrogen and oxygen atoms in total. The molecular weight excluding hydrogens is 194 g/mol. The highest BCUT2D eigenvalue weighted by Crippen LogP contribution is 2.52. The minimum absolute atomic E-state index is 0.223. The Morgan fingerprint density at radius 1 is 1.12 bits per heavy atom. The van der Waals surface area contributed by atoms with Crippen LogP contribution in [-0.2, 0) is 5.54 Å². The monoisotopic (exact) mass is 211 g/mol. The fourth-order valence-electron chi connectivity index (χ4n) is 2.90. The van der Waals surface area contributed by atoms with Crippen LogP contribution in [0.15, 0.2) is 42.5 Å². The Morgan fingerprint density at radius 2 is 1.81 bits per heavy atom. The van der Waals surface area contributed by atoms with E-state index in [2.05, 4.69) is 61.8 Å². The van der Waals surface area contributed by atoms with Crippen LogP contribution in [0, 0.1) is 5.92 Å². The predicted molar refractivity (Wildman–Crippen MR) is 68.5 cm³/mol. The number of benzene rings is 2. The zero-order valence-corrected chi connectivity index (χ0v) is 9.83. The number of fused-ring (bicyclic) bond motifs is 1. The molecule has 0 saturated heterocycles. The molecule has 0 spiro atoms. The first-order valence-electron chi connectivity index (χ1n) is 5.95. The summed E-state index contributed by atoms with van der Waals surface area (Å²) in [7, 11) is 2.07. The second-order valence-electron chi connectivity index (χ2n) is 4.85. The summed E-state index contributed by atoms with van der Waals surface area (Å²) in [6, 6.07) is 15.3. The van der Waals surface area contributed by atoms with Crippen LogP contribution >= 0.6 is 0 Å². The molecule has 1 N–H and O–H groups in total. The zero-order valence-electron chi connectivity index (χ0n) is 9.83. The summed E-state index contributed by atoms with van der Waals surface area (Å²) in [4.78, 5) is 0. The normalized spacial score (nSPS) is 28.2. The third-order valence-electron chi connectivity index (χ3n) is 4.03. The van der Waals surface area contributed by atoms with Crippen molar-refractivity contribution in [3.05, 3.63) is 48.0 Å². The second-order valence-corrected chi connectivity index (χ2v) is 4.85. The van der Waals surface area contributed by atoms with Crippen molar-refractivity contribution >= 4 is 10.8 Å². The first-order valence-corrected chi connectivity index (χ1v) is 5.95. The number of hydrogen-bond acceptors (Lipinski definition) is 1. The van der Waals surface area contributed by atoms with Crippen LogP contribution < -0.4 is 5.32 Å². The largest absolute Gasteiger partial charge is 0.310 e. The van der Waals surface area contributed by atoms with Crippen LogP contribution in [0.4, 0.5) is 0 Å². The van der Waals surface area contributed by atoms with Gasteiger partial charge in [-0.3, -0.25) is 0 Å². The standard InChI is InChI=1S/C15H17N/c1-11-10-15(11,16-2)14-9-5-7-12-6-3-4-8-13(12)14/h3-9,11,16H,10H2,1-2H3. The molecule has 0 heterocycles. The average Bonchev–Trinajstić information content (AvgIpc) is 3.01. The summed E-state index contributed by atoms with van der Waals surface area (Å²) in [6.45, 7) is 2.32. The smallest absolute Gasteiger partial charge is 0.0468 e. The van der Waals surface area contributed by atoms with Crippen molar-refractivity contribution in [3.63, 3.8) is 0 Å². The molecule has 3 rings (SSSR count). The van der Waals surface area contributed by atoms with Crippen LogP contribution in [-0.4, -0.2) is 7.05 Å². The van der Waals surface area contributed by atoms with Gasteiger partial charge in [0, 0.05) is 5.54 Å². The molecule has 1 heteroatoms. The molecule has 82 valence electrons. The number of rotatable bonds is 2. The highest BCUT2D eigenvalue weighted by Gasteiger charge is 2.51. The lowest BCUT2D eigenvalue weighted by Crippen LogP contribution is -2.26. The van der Waals surface area contributed by atoms with Gasteiger partial charge in [0.25, 0.3) is 0 Å². The first-order chi connectivity index (χ1) is 7.78. The minimum Gasteiger partial charge on any atom is -0.310 e. The summed E-state index contributed by atoms with van der Waals surface area (Å²) in [5.41, 5.74) is 1.68. The van der Waals surface area contributed by atoms with E-state index in [4.69, 9.17) is 0 Å². The molecule has 2 aromatic rings. The van der Waals surface area contributed by atoms with Gasteiger partial charge in [0.2, 0.25) is 0 Å². The molecular formula is C15H17N. The van der Waals surface area contributed by atoms with E-state index >= 15 is 0 Å². The van der Waals surface area contributed by atoms with Gasteiger partial charge in [0.05, 0.1) is 0 Å². The van der Waals surface area contributed by atoms with E-state index in [0.717, 1.165) is 5.92 Å². The quantitative estimate of drug-likeness (QED) is 0.803. The fourth-order valence-corrected chi connectivity index (χ4v) is 2.90. The van der Waals surface area contributed by atoms with Gasteiger partial charge in [-0.2, -0.15) is 0 Å². The van der Waals surface area contributed by atoms with E-state index < -0.39 is 0 Å². The van der Waals surface area contributed by atoms with Crippen LogP contribution in [0.3, 0.4) is 0 Å². The highest BCUT2D eigenvalue weighted by atomic mass is 15.0. The van der Waals surface area contributed by atoms with Crippen LogP contribution in [0.25, 0.3) is 10.8 Å². The zero-order chi connectivity index (χ0) is 11.2. The van der Waals surface area contributed by atoms with Gasteiger partial charge < -0.3 is 5.32 Å². The van der Waals surface area contributed by atoms with Gasteiger partial charge in [-0.1, -0.05) is 49.4 Å². The van der Waals surface area contributed by atoms with Gasteiger partial charge in [0.1, 0.15) is 0 Å². The van der Waals surface area contributed by atoms with Crippen molar-refractivity contribution in [1.82, 2.24) is 5.32 Å². The van der Waals surface area contributed by atoms with Crippen molar-refractivity contribution in [2.45, 2.75) is 18.9 Å². The fraction of sp³-hybridized carbons (Fsp3) is 0.333. The molecule has 0 amide bonds. The van der Waals surface area contributed by atoms with Crippen LogP contribution in [0.1, 0.15) is 18.9 Å². The van der Waals surface area contributed by atoms with Crippen LogP contribution in [0.2, 0.25) is 0 Å². The summed E-state index contributed by atoms with van der Waals surface area (Å²) < 4.78 is 0. The summed E-state index contributed by atoms with van der Waals surface area (Å²) in [5, 5.41) is 6.24. The molecule has 2 unspecified atom stereocenters. The lowest BCUT2D eigenvalue weighted by Gasteiger charge is -2.18. The molecule has 1 aliphatic rings. The predicted octanol–water partition coefficient (Wildman–Crippen LogP) is 3.29. The van der Waals surface area contributed by atoms with Crippen molar-refractivity contribution < 1.29 is 0 Å². The van der Waals surface area contributed by atoms with Crippen molar-refractivity contribution in [2.24, 2.45) is 5.92 Å². The van der Waals surface area contributed by atoms with Gasteiger partial charge >= 0.3 is 0 Å². The molecule has 2 aromatic carbocycles. The maximum absolute atomic E-state index is 3.51. The lowest BCUT2D eigenvalue weighted by atomic mass is 9.96. The third kappa shape index (κ3) is 1.21. The summed E-state index contributed by atoms with van der Waals surface area (Å²) >= 11 is 0. The second kappa shape index (κ2) is 3.33. The molecule has 0 radical (unpaired) electrons. The Bertz CT molecular complexity index is 522. The first kappa shape index (κ1) is 9.86.